The van der Waals surface area contributed by atoms with E-state index in [0.717, 1.165) is 86.7 Å². The molecule has 79 heavy (non-hydrogen) atoms. The number of tetrazole rings is 1. The molecule has 3 N–H and O–H groups in total. The molecule has 0 saturated carbocycles. The van der Waals surface area contributed by atoms with Crippen LogP contribution in [0.2, 0.25) is 0 Å². The molecular weight excluding hydrogens is 975 g/mol. The number of hydrogen-bond donors (Lipinski definition) is 3. The number of nitrogens with zero attached hydrogens (tertiary/aromatic N) is 6. The molecule has 0 spiro atoms. The number of aromatic amines is 1. The summed E-state index contributed by atoms with van der Waals surface area (Å²) in [6.45, 7) is 21.6. The van der Waals surface area contributed by atoms with Gasteiger partial charge in [-0.2, -0.15) is 5.21 Å². The minimum atomic E-state index is -0.0531. The summed E-state index contributed by atoms with van der Waals surface area (Å²) in [6, 6.07) is 65.1. The molecule has 11 aromatic rings. The van der Waals surface area contributed by atoms with Crippen LogP contribution in [0.25, 0.3) is 60.3 Å². The third-order valence-corrected chi connectivity index (χ3v) is 15.4. The minimum absolute atomic E-state index is 0.0171. The molecule has 0 aliphatic heterocycles. The van der Waals surface area contributed by atoms with E-state index in [4.69, 9.17) is 6.57 Å². The molecule has 11 nitrogen and oxygen atoms in total. The smallest absolute Gasteiger partial charge is 0.251 e. The van der Waals surface area contributed by atoms with E-state index in [2.05, 4.69) is 178 Å². The van der Waals surface area contributed by atoms with E-state index in [-0.39, 0.29) is 23.9 Å². The number of aryl methyl sites for hydroxylation is 2. The molecule has 0 saturated heterocycles. The van der Waals surface area contributed by atoms with Crippen LogP contribution in [0, 0.1) is 34.3 Å². The highest BCUT2D eigenvalue weighted by Crippen LogP contribution is 2.34. The van der Waals surface area contributed by atoms with Gasteiger partial charge < -0.3 is 19.8 Å². The van der Waals surface area contributed by atoms with Crippen LogP contribution in [0.4, 0.5) is 5.69 Å². The van der Waals surface area contributed by atoms with E-state index < -0.39 is 0 Å². The molecule has 0 aliphatic carbocycles. The first-order valence-corrected chi connectivity index (χ1v) is 26.9. The van der Waals surface area contributed by atoms with Gasteiger partial charge in [-0.3, -0.25) is 9.59 Å². The molecule has 3 heterocycles. The van der Waals surface area contributed by atoms with Crippen molar-refractivity contribution in [2.24, 2.45) is 0 Å². The van der Waals surface area contributed by atoms with Crippen LogP contribution in [0.5, 0.6) is 0 Å². The second-order valence-corrected chi connectivity index (χ2v) is 20.1. The highest BCUT2D eigenvalue weighted by molar-refractivity contribution is 6.00. The molecule has 11 heteroatoms. The Morgan fingerprint density at radius 1 is 0.532 bits per heavy atom. The number of rotatable bonds is 15. The molecule has 8 aromatic carbocycles. The Kier molecular flexibility index (Phi) is 15.8. The van der Waals surface area contributed by atoms with Gasteiger partial charge in [0.25, 0.3) is 11.8 Å². The summed E-state index contributed by atoms with van der Waals surface area (Å²) in [6.07, 6.45) is 1.66. The van der Waals surface area contributed by atoms with E-state index in [1.807, 2.05) is 103 Å². The molecular formula is C68H63N9O2. The Morgan fingerprint density at radius 3 is 1.41 bits per heavy atom. The molecule has 0 radical (unpaired) electrons. The summed E-state index contributed by atoms with van der Waals surface area (Å²) < 4.78 is 4.64. The van der Waals surface area contributed by atoms with Crippen LogP contribution < -0.4 is 10.6 Å². The first-order chi connectivity index (χ1) is 38.5. The summed E-state index contributed by atoms with van der Waals surface area (Å²) in [5.41, 5.74) is 18.7. The number of H-pyrrole nitrogens is 1. The standard InChI is InChI=1S/C34H32N6O.C34H31N3O/c1-4-31(26-10-6-5-7-11-26)35-34(41)27-18-19-32-30(20-27)22(2)23(3)40(32)21-24-14-16-25(17-15-24)28-12-8-9-13-29(28)33-36-38-39-37-33;1-5-31(27-11-7-6-8-12-27)36-34(38)28-19-20-33-30(21-28)23(2)24(3)37(33)22-25-15-17-26(18-16-25)29-13-9-10-14-32(29)35-4/h5-20,31H,4,21H2,1-3H3,(H,35,41)(H,36,37,38,39);6-21,31H,5,22H2,1-3H3,(H,36,38). The fourth-order valence-corrected chi connectivity index (χ4v) is 10.7. The van der Waals surface area contributed by atoms with Gasteiger partial charge in [-0.15, -0.1) is 10.2 Å². The van der Waals surface area contributed by atoms with E-state index in [1.54, 1.807) is 0 Å². The highest BCUT2D eigenvalue weighted by Gasteiger charge is 2.20. The third kappa shape index (κ3) is 11.3. The average molecular weight is 1040 g/mol. The zero-order valence-corrected chi connectivity index (χ0v) is 45.5. The number of benzene rings is 8. The van der Waals surface area contributed by atoms with Gasteiger partial charge in [0.2, 0.25) is 5.82 Å². The van der Waals surface area contributed by atoms with Crippen LogP contribution in [0.1, 0.15) is 104 Å². The lowest BCUT2D eigenvalue weighted by Crippen LogP contribution is -2.28. The van der Waals surface area contributed by atoms with Crippen molar-refractivity contribution in [2.75, 3.05) is 0 Å². The SMILES string of the molecule is CCC(NC(=O)c1ccc2c(c1)c(C)c(C)n2Cc1ccc(-c2ccccc2-c2nn[nH]n2)cc1)c1ccccc1.[C-]#[N+]c1ccccc1-c1ccc(Cn2c(C)c(C)c3cc(C(=O)NC(CC)c4ccccc4)ccc32)cc1. The number of amides is 2. The van der Waals surface area contributed by atoms with E-state index in [1.165, 1.54) is 33.6 Å². The van der Waals surface area contributed by atoms with Crippen LogP contribution >= 0.6 is 0 Å². The average Bonchev–Trinajstić information content (AvgIpc) is 4.34. The first kappa shape index (κ1) is 52.8. The Hall–Kier alpha value is -9.66. The van der Waals surface area contributed by atoms with Crippen LogP contribution in [-0.4, -0.2) is 41.6 Å². The van der Waals surface area contributed by atoms with Crippen LogP contribution in [0.15, 0.2) is 194 Å². The van der Waals surface area contributed by atoms with Gasteiger partial charge in [-0.1, -0.05) is 172 Å². The summed E-state index contributed by atoms with van der Waals surface area (Å²) in [4.78, 5) is 30.1. The fraction of sp³-hybridized carbons (Fsp3) is 0.176. The number of carbonyl (C=O) groups excluding carboxylic acids is 2. The maximum atomic E-state index is 13.2. The van der Waals surface area contributed by atoms with Crippen molar-refractivity contribution in [3.05, 3.63) is 261 Å². The maximum Gasteiger partial charge on any atom is 0.251 e. The molecule has 392 valence electrons. The molecule has 0 fully saturated rings. The molecule has 0 bridgehead atoms. The number of para-hydroxylation sites is 1. The van der Waals surface area contributed by atoms with Gasteiger partial charge in [0.15, 0.2) is 5.69 Å². The van der Waals surface area contributed by atoms with Crippen LogP contribution in [0.3, 0.4) is 0 Å². The summed E-state index contributed by atoms with van der Waals surface area (Å²) in [7, 11) is 0. The van der Waals surface area contributed by atoms with Gasteiger partial charge >= 0.3 is 0 Å². The number of nitrogens with one attached hydrogen (secondary N) is 3. The molecule has 11 rings (SSSR count). The molecule has 3 aromatic heterocycles. The fourth-order valence-electron chi connectivity index (χ4n) is 10.7. The van der Waals surface area contributed by atoms with Crippen molar-refractivity contribution < 1.29 is 9.59 Å². The second-order valence-electron chi connectivity index (χ2n) is 20.1. The minimum Gasteiger partial charge on any atom is -0.345 e. The highest BCUT2D eigenvalue weighted by atomic mass is 16.2. The summed E-state index contributed by atoms with van der Waals surface area (Å²) in [5.74, 6) is 0.472. The number of aromatic nitrogens is 6. The molecule has 2 amide bonds. The van der Waals surface area contributed by atoms with E-state index in [0.29, 0.717) is 22.6 Å². The normalized spacial score (nSPS) is 11.9. The lowest BCUT2D eigenvalue weighted by atomic mass is 9.98. The maximum absolute atomic E-state index is 13.2. The van der Waals surface area contributed by atoms with Crippen molar-refractivity contribution >= 4 is 39.3 Å². The van der Waals surface area contributed by atoms with Gasteiger partial charge in [-0.05, 0) is 138 Å². The summed E-state index contributed by atoms with van der Waals surface area (Å²) >= 11 is 0. The molecule has 2 unspecified atom stereocenters. The monoisotopic (exact) mass is 1040 g/mol. The first-order valence-electron chi connectivity index (χ1n) is 26.9. The van der Waals surface area contributed by atoms with Crippen molar-refractivity contribution in [1.29, 1.82) is 0 Å². The predicted octanol–water partition coefficient (Wildman–Crippen LogP) is 15.4. The Balaban J connectivity index is 0.000000179. The Morgan fingerprint density at radius 2 is 0.962 bits per heavy atom. The number of carbonyl (C=O) groups is 2. The van der Waals surface area contributed by atoms with Crippen molar-refractivity contribution in [2.45, 2.75) is 79.6 Å². The predicted molar refractivity (Wildman–Crippen MR) is 318 cm³/mol. The second kappa shape index (κ2) is 23.7. The van der Waals surface area contributed by atoms with E-state index >= 15 is 0 Å². The number of fused-ring (bicyclic) bond motifs is 2. The van der Waals surface area contributed by atoms with Crippen LogP contribution in [-0.2, 0) is 13.1 Å². The molecule has 2 atom stereocenters. The molecule has 0 aliphatic rings. The van der Waals surface area contributed by atoms with E-state index in [9.17, 15) is 9.59 Å². The lowest BCUT2D eigenvalue weighted by Gasteiger charge is -2.17. The van der Waals surface area contributed by atoms with Gasteiger partial charge in [0.1, 0.15) is 0 Å². The van der Waals surface area contributed by atoms with Gasteiger partial charge in [-0.25, -0.2) is 4.85 Å². The summed E-state index contributed by atoms with van der Waals surface area (Å²) in [5, 5.41) is 23.2. The quantitative estimate of drug-likeness (QED) is 0.0882. The van der Waals surface area contributed by atoms with Crippen molar-refractivity contribution in [1.82, 2.24) is 40.4 Å². The zero-order valence-electron chi connectivity index (χ0n) is 45.5. The Labute approximate surface area is 461 Å². The topological polar surface area (TPSA) is 127 Å². The van der Waals surface area contributed by atoms with Gasteiger partial charge in [0.05, 0.1) is 18.7 Å². The van der Waals surface area contributed by atoms with Crippen molar-refractivity contribution in [3.8, 4) is 33.6 Å². The number of hydrogen-bond acceptors (Lipinski definition) is 5. The third-order valence-electron chi connectivity index (χ3n) is 15.4. The van der Waals surface area contributed by atoms with Crippen molar-refractivity contribution in [3.63, 3.8) is 0 Å². The largest absolute Gasteiger partial charge is 0.345 e. The lowest BCUT2D eigenvalue weighted by molar-refractivity contribution is 0.0927. The van der Waals surface area contributed by atoms with Gasteiger partial charge in [0, 0.05) is 63.0 Å². The zero-order chi connectivity index (χ0) is 55.0. The Bertz CT molecular complexity index is 3970.